The topological polar surface area (TPSA) is 74.7 Å². The molecule has 1 aliphatic rings. The molecule has 0 atom stereocenters. The Morgan fingerprint density at radius 3 is 2.58 bits per heavy atom. The summed E-state index contributed by atoms with van der Waals surface area (Å²) >= 11 is 0. The molecule has 1 aliphatic carbocycles. The molecular formula is C11H13F3N4O. The fourth-order valence-corrected chi connectivity index (χ4v) is 1.77. The van der Waals surface area contributed by atoms with Crippen LogP contribution in [-0.4, -0.2) is 34.8 Å². The van der Waals surface area contributed by atoms with Crippen molar-refractivity contribution in [2.75, 3.05) is 11.4 Å². The molecule has 0 aromatic carbocycles. The molecule has 1 heterocycles. The van der Waals surface area contributed by atoms with Gasteiger partial charge in [-0.15, -0.1) is 0 Å². The van der Waals surface area contributed by atoms with E-state index in [0.29, 0.717) is 5.69 Å². The lowest BCUT2D eigenvalue weighted by Crippen LogP contribution is -2.36. The fraction of sp³-hybridized carbons (Fsp3) is 0.455. The van der Waals surface area contributed by atoms with Crippen molar-refractivity contribution in [1.29, 1.82) is 0 Å². The van der Waals surface area contributed by atoms with Crippen LogP contribution in [0.15, 0.2) is 23.5 Å². The van der Waals surface area contributed by atoms with Gasteiger partial charge in [-0.25, -0.2) is 0 Å². The van der Waals surface area contributed by atoms with E-state index in [1.54, 1.807) is 0 Å². The third kappa shape index (κ3) is 3.49. The Kier molecular flexibility index (Phi) is 3.50. The van der Waals surface area contributed by atoms with Gasteiger partial charge in [0.2, 0.25) is 0 Å². The second-order valence-corrected chi connectivity index (χ2v) is 4.36. The molecule has 0 unspecified atom stereocenters. The lowest BCUT2D eigenvalue weighted by atomic mass is 10.3. The van der Waals surface area contributed by atoms with E-state index in [1.807, 2.05) is 0 Å². The zero-order chi connectivity index (χ0) is 14.0. The molecule has 0 amide bonds. The van der Waals surface area contributed by atoms with Gasteiger partial charge in [0.05, 0.1) is 11.9 Å². The monoisotopic (exact) mass is 274 g/mol. The van der Waals surface area contributed by atoms with E-state index in [1.165, 1.54) is 23.2 Å². The van der Waals surface area contributed by atoms with E-state index in [0.717, 1.165) is 12.8 Å². The van der Waals surface area contributed by atoms with Crippen molar-refractivity contribution < 1.29 is 18.4 Å². The van der Waals surface area contributed by atoms with Crippen molar-refractivity contribution in [3.05, 3.63) is 24.0 Å². The van der Waals surface area contributed by atoms with E-state index in [9.17, 15) is 13.2 Å². The maximum Gasteiger partial charge on any atom is 0.405 e. The van der Waals surface area contributed by atoms with Crippen LogP contribution in [-0.2, 0) is 0 Å². The predicted molar refractivity (Wildman–Crippen MR) is 63.2 cm³/mol. The summed E-state index contributed by atoms with van der Waals surface area (Å²) in [5.74, 6) is -0.180. The number of rotatable bonds is 4. The fourth-order valence-electron chi connectivity index (χ4n) is 1.77. The number of anilines is 1. The zero-order valence-corrected chi connectivity index (χ0v) is 9.93. The number of hydrogen-bond acceptors (Lipinski definition) is 4. The predicted octanol–water partition coefficient (Wildman–Crippen LogP) is 1.71. The first-order valence-corrected chi connectivity index (χ1v) is 5.68. The van der Waals surface area contributed by atoms with Gasteiger partial charge in [-0.05, 0) is 25.0 Å². The molecule has 8 heteroatoms. The quantitative estimate of drug-likeness (QED) is 0.379. The van der Waals surface area contributed by atoms with Crippen LogP contribution in [0.1, 0.15) is 18.5 Å². The molecule has 1 aromatic heterocycles. The Balaban J connectivity index is 2.18. The summed E-state index contributed by atoms with van der Waals surface area (Å²) in [6.07, 6.45) is -1.46. The van der Waals surface area contributed by atoms with Gasteiger partial charge in [0.25, 0.3) is 0 Å². The summed E-state index contributed by atoms with van der Waals surface area (Å²) < 4.78 is 37.5. The highest BCUT2D eigenvalue weighted by Gasteiger charge is 2.38. The Hall–Kier alpha value is -1.99. The number of nitrogens with zero attached hydrogens (tertiary/aromatic N) is 3. The van der Waals surface area contributed by atoms with Gasteiger partial charge >= 0.3 is 6.18 Å². The van der Waals surface area contributed by atoms with Crippen LogP contribution < -0.4 is 10.6 Å². The van der Waals surface area contributed by atoms with Crippen LogP contribution in [0, 0.1) is 0 Å². The summed E-state index contributed by atoms with van der Waals surface area (Å²) in [4.78, 5) is 5.17. The Bertz CT molecular complexity index is 468. The highest BCUT2D eigenvalue weighted by molar-refractivity contribution is 5.95. The van der Waals surface area contributed by atoms with Crippen molar-refractivity contribution in [1.82, 2.24) is 4.98 Å². The van der Waals surface area contributed by atoms with Crippen molar-refractivity contribution >= 4 is 11.5 Å². The van der Waals surface area contributed by atoms with Gasteiger partial charge in [0.15, 0.2) is 5.84 Å². The maximum atomic E-state index is 12.5. The minimum atomic E-state index is -4.26. The summed E-state index contributed by atoms with van der Waals surface area (Å²) in [6, 6.07) is 2.83. The molecule has 0 saturated heterocycles. The minimum Gasteiger partial charge on any atom is -0.409 e. The van der Waals surface area contributed by atoms with Crippen molar-refractivity contribution in [2.24, 2.45) is 10.9 Å². The average Bonchev–Trinajstić information content (AvgIpc) is 3.18. The Morgan fingerprint density at radius 1 is 1.47 bits per heavy atom. The molecule has 2 rings (SSSR count). The van der Waals surface area contributed by atoms with Crippen LogP contribution in [0.25, 0.3) is 0 Å². The third-order valence-corrected chi connectivity index (χ3v) is 2.79. The molecule has 104 valence electrons. The lowest BCUT2D eigenvalue weighted by Gasteiger charge is -2.25. The largest absolute Gasteiger partial charge is 0.409 e. The zero-order valence-electron chi connectivity index (χ0n) is 9.93. The molecule has 0 spiro atoms. The number of alkyl halides is 3. The van der Waals surface area contributed by atoms with Crippen LogP contribution >= 0.6 is 0 Å². The molecule has 0 radical (unpaired) electrons. The highest BCUT2D eigenvalue weighted by Crippen LogP contribution is 2.33. The summed E-state index contributed by atoms with van der Waals surface area (Å²) in [5.41, 5.74) is 5.94. The van der Waals surface area contributed by atoms with Crippen LogP contribution in [0.5, 0.6) is 0 Å². The molecule has 0 aliphatic heterocycles. The molecule has 3 N–H and O–H groups in total. The highest BCUT2D eigenvalue weighted by atomic mass is 19.4. The first-order chi connectivity index (χ1) is 8.90. The number of oxime groups is 1. The number of amidine groups is 1. The first-order valence-electron chi connectivity index (χ1n) is 5.68. The lowest BCUT2D eigenvalue weighted by molar-refractivity contribution is -0.120. The average molecular weight is 274 g/mol. The smallest absolute Gasteiger partial charge is 0.405 e. The second-order valence-electron chi connectivity index (χ2n) is 4.36. The number of nitrogens with two attached hydrogens (primary N) is 1. The number of hydrogen-bond donors (Lipinski definition) is 2. The maximum absolute atomic E-state index is 12.5. The van der Waals surface area contributed by atoms with E-state index >= 15 is 0 Å². The van der Waals surface area contributed by atoms with Gasteiger partial charge in [-0.2, -0.15) is 13.2 Å². The number of pyridine rings is 1. The van der Waals surface area contributed by atoms with E-state index in [4.69, 9.17) is 10.9 Å². The number of halogens is 3. The van der Waals surface area contributed by atoms with Crippen LogP contribution in [0.2, 0.25) is 0 Å². The molecule has 5 nitrogen and oxygen atoms in total. The SMILES string of the molecule is N/C(=N/O)c1ccc(N(CC(F)(F)F)C2CC2)cn1. The summed E-state index contributed by atoms with van der Waals surface area (Å²) in [5, 5.41) is 11.3. The Morgan fingerprint density at radius 2 is 2.16 bits per heavy atom. The first kappa shape index (κ1) is 13.4. The van der Waals surface area contributed by atoms with Crippen LogP contribution in [0.3, 0.4) is 0 Å². The molecule has 19 heavy (non-hydrogen) atoms. The second kappa shape index (κ2) is 4.94. The van der Waals surface area contributed by atoms with Crippen molar-refractivity contribution in [2.45, 2.75) is 25.1 Å². The van der Waals surface area contributed by atoms with Crippen LogP contribution in [0.4, 0.5) is 18.9 Å². The van der Waals surface area contributed by atoms with Gasteiger partial charge in [0, 0.05) is 6.04 Å². The van der Waals surface area contributed by atoms with Gasteiger partial charge in [0.1, 0.15) is 12.2 Å². The van der Waals surface area contributed by atoms with E-state index in [-0.39, 0.29) is 17.6 Å². The molecular weight excluding hydrogens is 261 g/mol. The summed E-state index contributed by atoms with van der Waals surface area (Å²) in [7, 11) is 0. The van der Waals surface area contributed by atoms with Crippen molar-refractivity contribution in [3.8, 4) is 0 Å². The van der Waals surface area contributed by atoms with Crippen molar-refractivity contribution in [3.63, 3.8) is 0 Å². The molecule has 1 saturated carbocycles. The van der Waals surface area contributed by atoms with Gasteiger partial charge < -0.3 is 15.8 Å². The Labute approximate surface area is 107 Å². The summed E-state index contributed by atoms with van der Waals surface area (Å²) in [6.45, 7) is -0.998. The third-order valence-electron chi connectivity index (χ3n) is 2.79. The molecule has 0 bridgehead atoms. The van der Waals surface area contributed by atoms with E-state index < -0.39 is 12.7 Å². The number of aromatic nitrogens is 1. The standard InChI is InChI=1S/C11H13F3N4O/c12-11(13,14)6-18(7-1-2-7)8-3-4-9(16-5-8)10(15)17-19/h3-5,7,19H,1-2,6H2,(H2,15,17). The minimum absolute atomic E-state index is 0.0851. The normalized spacial score (nSPS) is 16.5. The molecule has 1 fully saturated rings. The van der Waals surface area contributed by atoms with Gasteiger partial charge in [-0.3, -0.25) is 4.98 Å². The van der Waals surface area contributed by atoms with E-state index in [2.05, 4.69) is 10.1 Å². The van der Waals surface area contributed by atoms with Gasteiger partial charge in [-0.1, -0.05) is 5.16 Å². The molecule has 1 aromatic rings.